The Morgan fingerprint density at radius 2 is 1.90 bits per heavy atom. The van der Waals surface area contributed by atoms with Gasteiger partial charge in [0.25, 0.3) is 0 Å². The Hall–Kier alpha value is -1.22. The maximum atomic E-state index is 5.67. The van der Waals surface area contributed by atoms with E-state index in [0.717, 1.165) is 29.9 Å². The van der Waals surface area contributed by atoms with E-state index < -0.39 is 0 Å². The van der Waals surface area contributed by atoms with Crippen LogP contribution in [0.1, 0.15) is 51.1 Å². The first-order valence-electron chi connectivity index (χ1n) is 8.37. The molecule has 0 amide bonds. The van der Waals surface area contributed by atoms with Gasteiger partial charge in [0.05, 0.1) is 0 Å². The van der Waals surface area contributed by atoms with Gasteiger partial charge in [-0.15, -0.1) is 0 Å². The number of rotatable bonds is 4. The van der Waals surface area contributed by atoms with E-state index in [9.17, 15) is 0 Å². The number of hydrogen-bond donors (Lipinski definition) is 1. The first kappa shape index (κ1) is 14.7. The molecule has 3 unspecified atom stereocenters. The van der Waals surface area contributed by atoms with Crippen LogP contribution in [-0.2, 0) is 0 Å². The highest BCUT2D eigenvalue weighted by Crippen LogP contribution is 2.33. The van der Waals surface area contributed by atoms with Crippen molar-refractivity contribution >= 4 is 0 Å². The van der Waals surface area contributed by atoms with Crippen molar-refractivity contribution in [3.63, 3.8) is 0 Å². The molecule has 3 atom stereocenters. The number of hydrogen-bond acceptors (Lipinski definition) is 3. The molecular formula is C18H27NO2. The molecule has 3 heteroatoms. The molecule has 1 aromatic rings. The van der Waals surface area contributed by atoms with Gasteiger partial charge in [0.1, 0.15) is 13.2 Å². The number of nitrogens with one attached hydrogen (secondary N) is 1. The number of benzene rings is 1. The quantitative estimate of drug-likeness (QED) is 0.911. The Bertz CT molecular complexity index is 474. The summed E-state index contributed by atoms with van der Waals surface area (Å²) >= 11 is 0. The third-order valence-corrected chi connectivity index (χ3v) is 5.04. The fourth-order valence-corrected chi connectivity index (χ4v) is 3.47. The molecule has 0 radical (unpaired) electrons. The Balaban J connectivity index is 1.58. The zero-order valence-corrected chi connectivity index (χ0v) is 13.2. The number of ether oxygens (including phenoxy) is 2. The summed E-state index contributed by atoms with van der Waals surface area (Å²) in [4.78, 5) is 0. The largest absolute Gasteiger partial charge is 0.486 e. The average molecular weight is 289 g/mol. The van der Waals surface area contributed by atoms with E-state index in [2.05, 4.69) is 31.3 Å². The normalized spacial score (nSPS) is 26.4. The third kappa shape index (κ3) is 3.52. The molecule has 3 nitrogen and oxygen atoms in total. The lowest BCUT2D eigenvalue weighted by atomic mass is 9.80. The summed E-state index contributed by atoms with van der Waals surface area (Å²) in [6.45, 7) is 7.06. The van der Waals surface area contributed by atoms with Crippen LogP contribution in [0.15, 0.2) is 18.2 Å². The first-order valence-corrected chi connectivity index (χ1v) is 8.37. The molecule has 0 aromatic heterocycles. The zero-order valence-electron chi connectivity index (χ0n) is 13.2. The van der Waals surface area contributed by atoms with Crippen molar-refractivity contribution < 1.29 is 9.47 Å². The van der Waals surface area contributed by atoms with E-state index in [0.29, 0.717) is 19.3 Å². The lowest BCUT2D eigenvalue weighted by Crippen LogP contribution is -2.31. The molecule has 116 valence electrons. The van der Waals surface area contributed by atoms with E-state index in [1.165, 1.54) is 31.2 Å². The molecule has 2 aliphatic rings. The standard InChI is InChI=1S/C18H27NO2/c1-13-5-3-4-6-16(13)12-19-14(2)15-7-8-17-18(11-15)21-10-9-20-17/h7-8,11,13-14,16,19H,3-6,9-10,12H2,1-2H3. The van der Waals surface area contributed by atoms with Crippen LogP contribution in [0.2, 0.25) is 0 Å². The van der Waals surface area contributed by atoms with Crippen molar-refractivity contribution in [1.82, 2.24) is 5.32 Å². The van der Waals surface area contributed by atoms with Crippen LogP contribution in [0.5, 0.6) is 11.5 Å². The predicted octanol–water partition coefficient (Wildman–Crippen LogP) is 3.93. The van der Waals surface area contributed by atoms with Crippen molar-refractivity contribution in [3.05, 3.63) is 23.8 Å². The number of fused-ring (bicyclic) bond motifs is 1. The molecule has 1 N–H and O–H groups in total. The summed E-state index contributed by atoms with van der Waals surface area (Å²) < 4.78 is 11.3. The maximum absolute atomic E-state index is 5.67. The zero-order chi connectivity index (χ0) is 14.7. The van der Waals surface area contributed by atoms with Gasteiger partial charge in [0.15, 0.2) is 11.5 Å². The van der Waals surface area contributed by atoms with Gasteiger partial charge in [-0.2, -0.15) is 0 Å². The molecule has 1 aromatic carbocycles. The minimum absolute atomic E-state index is 0.356. The summed E-state index contributed by atoms with van der Waals surface area (Å²) in [6, 6.07) is 6.66. The Morgan fingerprint density at radius 3 is 2.71 bits per heavy atom. The molecule has 1 aliphatic carbocycles. The van der Waals surface area contributed by atoms with Crippen LogP contribution < -0.4 is 14.8 Å². The molecule has 0 bridgehead atoms. The van der Waals surface area contributed by atoms with Crippen LogP contribution in [0.25, 0.3) is 0 Å². The van der Waals surface area contributed by atoms with Crippen molar-refractivity contribution in [2.45, 2.75) is 45.6 Å². The van der Waals surface area contributed by atoms with Crippen molar-refractivity contribution in [3.8, 4) is 11.5 Å². The molecule has 1 aliphatic heterocycles. The fourth-order valence-electron chi connectivity index (χ4n) is 3.47. The van der Waals surface area contributed by atoms with Crippen LogP contribution in [-0.4, -0.2) is 19.8 Å². The van der Waals surface area contributed by atoms with E-state index >= 15 is 0 Å². The molecule has 0 spiro atoms. The minimum Gasteiger partial charge on any atom is -0.486 e. The summed E-state index contributed by atoms with van der Waals surface area (Å²) in [5, 5.41) is 3.71. The van der Waals surface area contributed by atoms with Gasteiger partial charge in [-0.1, -0.05) is 32.3 Å². The van der Waals surface area contributed by atoms with Gasteiger partial charge >= 0.3 is 0 Å². The van der Waals surface area contributed by atoms with Gasteiger partial charge < -0.3 is 14.8 Å². The second-order valence-electron chi connectivity index (χ2n) is 6.55. The monoisotopic (exact) mass is 289 g/mol. The maximum Gasteiger partial charge on any atom is 0.161 e. The van der Waals surface area contributed by atoms with Gasteiger partial charge in [-0.25, -0.2) is 0 Å². The second-order valence-corrected chi connectivity index (χ2v) is 6.55. The van der Waals surface area contributed by atoms with Gasteiger partial charge in [-0.3, -0.25) is 0 Å². The molecule has 21 heavy (non-hydrogen) atoms. The first-order chi connectivity index (χ1) is 10.2. The highest BCUT2D eigenvalue weighted by atomic mass is 16.6. The Kier molecular flexibility index (Phi) is 4.69. The van der Waals surface area contributed by atoms with Crippen molar-refractivity contribution in [2.24, 2.45) is 11.8 Å². The molecule has 1 heterocycles. The second kappa shape index (κ2) is 6.69. The summed E-state index contributed by atoms with van der Waals surface area (Å²) in [7, 11) is 0. The average Bonchev–Trinajstić information content (AvgIpc) is 2.53. The molecule has 3 rings (SSSR count). The van der Waals surface area contributed by atoms with E-state index in [1.54, 1.807) is 0 Å². The minimum atomic E-state index is 0.356. The lowest BCUT2D eigenvalue weighted by molar-refractivity contribution is 0.171. The van der Waals surface area contributed by atoms with Gasteiger partial charge in [0, 0.05) is 6.04 Å². The highest BCUT2D eigenvalue weighted by molar-refractivity contribution is 5.44. The molecule has 1 saturated carbocycles. The van der Waals surface area contributed by atoms with Crippen molar-refractivity contribution in [2.75, 3.05) is 19.8 Å². The Morgan fingerprint density at radius 1 is 1.14 bits per heavy atom. The molecule has 1 fully saturated rings. The van der Waals surface area contributed by atoms with Crippen LogP contribution in [0.4, 0.5) is 0 Å². The third-order valence-electron chi connectivity index (χ3n) is 5.04. The summed E-state index contributed by atoms with van der Waals surface area (Å²) in [5.74, 6) is 3.45. The highest BCUT2D eigenvalue weighted by Gasteiger charge is 2.22. The van der Waals surface area contributed by atoms with Crippen LogP contribution in [0.3, 0.4) is 0 Å². The lowest BCUT2D eigenvalue weighted by Gasteiger charge is -2.30. The molecule has 0 saturated heterocycles. The predicted molar refractivity (Wildman–Crippen MR) is 85.0 cm³/mol. The van der Waals surface area contributed by atoms with Gasteiger partial charge in [-0.05, 0) is 49.4 Å². The van der Waals surface area contributed by atoms with E-state index in [4.69, 9.17) is 9.47 Å². The SMILES string of the molecule is CC(NCC1CCCCC1C)c1ccc2c(c1)OCCO2. The van der Waals surface area contributed by atoms with Gasteiger partial charge in [0.2, 0.25) is 0 Å². The summed E-state index contributed by atoms with van der Waals surface area (Å²) in [6.07, 6.45) is 5.58. The topological polar surface area (TPSA) is 30.5 Å². The fraction of sp³-hybridized carbons (Fsp3) is 0.667. The van der Waals surface area contributed by atoms with Crippen LogP contribution >= 0.6 is 0 Å². The molecular weight excluding hydrogens is 262 g/mol. The van der Waals surface area contributed by atoms with E-state index in [1.807, 2.05) is 6.07 Å². The summed E-state index contributed by atoms with van der Waals surface area (Å²) in [5.41, 5.74) is 1.28. The smallest absolute Gasteiger partial charge is 0.161 e. The van der Waals surface area contributed by atoms with Crippen molar-refractivity contribution in [1.29, 1.82) is 0 Å². The van der Waals surface area contributed by atoms with Crippen LogP contribution in [0, 0.1) is 11.8 Å². The Labute approximate surface area is 128 Å². The van der Waals surface area contributed by atoms with E-state index in [-0.39, 0.29) is 0 Å².